The molecule has 110 valence electrons. The van der Waals surface area contributed by atoms with Gasteiger partial charge in [0.25, 0.3) is 0 Å². The van der Waals surface area contributed by atoms with E-state index in [0.29, 0.717) is 11.3 Å². The Morgan fingerprint density at radius 1 is 1.13 bits per heavy atom. The Morgan fingerprint density at radius 3 is 2.78 bits per heavy atom. The Morgan fingerprint density at radius 2 is 1.96 bits per heavy atom. The number of nitriles is 1. The minimum absolute atomic E-state index is 0.280. The fourth-order valence-electron chi connectivity index (χ4n) is 2.99. The lowest BCUT2D eigenvalue weighted by atomic mass is 10.0. The molecule has 4 rings (SSSR count). The highest BCUT2D eigenvalue weighted by Gasteiger charge is 2.13. The third-order valence-electron chi connectivity index (χ3n) is 4.06. The van der Waals surface area contributed by atoms with E-state index in [9.17, 15) is 9.65 Å². The van der Waals surface area contributed by atoms with Gasteiger partial charge in [-0.2, -0.15) is 5.26 Å². The summed E-state index contributed by atoms with van der Waals surface area (Å²) < 4.78 is 13.8. The Hall–Kier alpha value is -3.19. The van der Waals surface area contributed by atoms with Crippen LogP contribution in [0.4, 0.5) is 4.39 Å². The lowest BCUT2D eigenvalue weighted by molar-refractivity contribution is 0.628. The number of fused-ring (bicyclic) bond motifs is 2. The molecule has 4 heteroatoms. The minimum Gasteiger partial charge on any atom is -0.360 e. The molecule has 0 spiro atoms. The van der Waals surface area contributed by atoms with E-state index in [4.69, 9.17) is 0 Å². The van der Waals surface area contributed by atoms with E-state index in [1.165, 1.54) is 12.1 Å². The average Bonchev–Trinajstić information content (AvgIpc) is 2.97. The summed E-state index contributed by atoms with van der Waals surface area (Å²) in [5.41, 5.74) is 4.50. The van der Waals surface area contributed by atoms with Crippen LogP contribution in [0.1, 0.15) is 11.1 Å². The number of nitrogens with zero attached hydrogens (tertiary/aromatic N) is 2. The van der Waals surface area contributed by atoms with Crippen molar-refractivity contribution in [3.63, 3.8) is 0 Å². The highest BCUT2D eigenvalue weighted by atomic mass is 19.1. The summed E-state index contributed by atoms with van der Waals surface area (Å²) in [6.07, 6.45) is 1.81. The zero-order chi connectivity index (χ0) is 16.0. The van der Waals surface area contributed by atoms with Gasteiger partial charge in [0.2, 0.25) is 0 Å². The molecule has 2 aromatic carbocycles. The molecule has 2 aromatic heterocycles. The standard InChI is InChI=1S/C19H12FN3/c1-11-6-13(20)8-15-16(10-22-19(11)15)18-7-12(9-21)14-4-2-3-5-17(14)23-18/h2-8,10,22H,1H3. The van der Waals surface area contributed by atoms with Gasteiger partial charge >= 0.3 is 0 Å². The first kappa shape index (κ1) is 13.5. The molecule has 0 bridgehead atoms. The van der Waals surface area contributed by atoms with Crippen LogP contribution >= 0.6 is 0 Å². The third-order valence-corrected chi connectivity index (χ3v) is 4.06. The lowest BCUT2D eigenvalue weighted by Crippen LogP contribution is -1.89. The van der Waals surface area contributed by atoms with Crippen LogP contribution in [-0.4, -0.2) is 9.97 Å². The van der Waals surface area contributed by atoms with Crippen molar-refractivity contribution in [2.45, 2.75) is 6.92 Å². The fraction of sp³-hybridized carbons (Fsp3) is 0.0526. The van der Waals surface area contributed by atoms with Crippen LogP contribution in [0.25, 0.3) is 33.1 Å². The third kappa shape index (κ3) is 2.06. The molecule has 0 radical (unpaired) electrons. The van der Waals surface area contributed by atoms with Gasteiger partial charge in [-0.3, -0.25) is 0 Å². The number of aromatic nitrogens is 2. The number of nitrogens with one attached hydrogen (secondary N) is 1. The van der Waals surface area contributed by atoms with Crippen LogP contribution < -0.4 is 0 Å². The molecule has 0 saturated carbocycles. The summed E-state index contributed by atoms with van der Waals surface area (Å²) in [5.74, 6) is -0.280. The molecule has 0 unspecified atom stereocenters. The predicted molar refractivity (Wildman–Crippen MR) is 88.4 cm³/mol. The fourth-order valence-corrected chi connectivity index (χ4v) is 2.99. The first-order valence-electron chi connectivity index (χ1n) is 7.25. The van der Waals surface area contributed by atoms with E-state index < -0.39 is 0 Å². The number of benzene rings is 2. The molecule has 4 aromatic rings. The van der Waals surface area contributed by atoms with Crippen LogP contribution in [0.15, 0.2) is 48.7 Å². The second-order valence-electron chi connectivity index (χ2n) is 5.53. The van der Waals surface area contributed by atoms with Crippen molar-refractivity contribution >= 4 is 21.8 Å². The van der Waals surface area contributed by atoms with Crippen LogP contribution in [0, 0.1) is 24.1 Å². The van der Waals surface area contributed by atoms with Crippen molar-refractivity contribution in [2.24, 2.45) is 0 Å². The molecular weight excluding hydrogens is 289 g/mol. The van der Waals surface area contributed by atoms with E-state index in [2.05, 4.69) is 16.0 Å². The summed E-state index contributed by atoms with van der Waals surface area (Å²) in [7, 11) is 0. The maximum absolute atomic E-state index is 13.8. The van der Waals surface area contributed by atoms with Crippen molar-refractivity contribution in [2.75, 3.05) is 0 Å². The largest absolute Gasteiger partial charge is 0.360 e. The molecule has 23 heavy (non-hydrogen) atoms. The number of hydrogen-bond donors (Lipinski definition) is 1. The van der Waals surface area contributed by atoms with E-state index >= 15 is 0 Å². The Labute approximate surface area is 132 Å². The Bertz CT molecular complexity index is 1100. The summed E-state index contributed by atoms with van der Waals surface area (Å²) in [6, 6.07) is 14.5. The number of H-pyrrole nitrogens is 1. The Kier molecular flexibility index (Phi) is 2.88. The molecule has 3 nitrogen and oxygen atoms in total. The zero-order valence-corrected chi connectivity index (χ0v) is 12.4. The summed E-state index contributed by atoms with van der Waals surface area (Å²) in [6.45, 7) is 1.86. The van der Waals surface area contributed by atoms with Crippen LogP contribution in [0.5, 0.6) is 0 Å². The normalized spacial score (nSPS) is 11.0. The van der Waals surface area contributed by atoms with Gasteiger partial charge in [0, 0.05) is 28.0 Å². The number of rotatable bonds is 1. The average molecular weight is 301 g/mol. The van der Waals surface area contributed by atoms with Crippen molar-refractivity contribution in [3.8, 4) is 17.3 Å². The van der Waals surface area contributed by atoms with Gasteiger partial charge in [0.1, 0.15) is 5.82 Å². The maximum Gasteiger partial charge on any atom is 0.124 e. The van der Waals surface area contributed by atoms with Gasteiger partial charge in [-0.1, -0.05) is 18.2 Å². The van der Waals surface area contributed by atoms with Crippen molar-refractivity contribution in [3.05, 3.63) is 65.6 Å². The van der Waals surface area contributed by atoms with Crippen molar-refractivity contribution < 1.29 is 4.39 Å². The summed E-state index contributed by atoms with van der Waals surface area (Å²) in [4.78, 5) is 7.82. The van der Waals surface area contributed by atoms with E-state index in [1.54, 1.807) is 6.07 Å². The highest BCUT2D eigenvalue weighted by Crippen LogP contribution is 2.32. The number of aromatic amines is 1. The van der Waals surface area contributed by atoms with Gasteiger partial charge in [0.05, 0.1) is 22.8 Å². The monoisotopic (exact) mass is 301 g/mol. The van der Waals surface area contributed by atoms with Crippen molar-refractivity contribution in [1.82, 2.24) is 9.97 Å². The topological polar surface area (TPSA) is 52.5 Å². The van der Waals surface area contributed by atoms with E-state index in [1.807, 2.05) is 37.4 Å². The van der Waals surface area contributed by atoms with Crippen LogP contribution in [0.3, 0.4) is 0 Å². The highest BCUT2D eigenvalue weighted by molar-refractivity contribution is 5.98. The van der Waals surface area contributed by atoms with Gasteiger partial charge < -0.3 is 4.98 Å². The van der Waals surface area contributed by atoms with Crippen LogP contribution in [0.2, 0.25) is 0 Å². The number of pyridine rings is 1. The van der Waals surface area contributed by atoms with Gasteiger partial charge in [0.15, 0.2) is 0 Å². The van der Waals surface area contributed by atoms with Crippen molar-refractivity contribution in [1.29, 1.82) is 5.26 Å². The SMILES string of the molecule is Cc1cc(F)cc2c(-c3cc(C#N)c4ccccc4n3)c[nH]c12. The smallest absolute Gasteiger partial charge is 0.124 e. The molecule has 0 aliphatic rings. The first-order chi connectivity index (χ1) is 11.2. The molecule has 2 heterocycles. The second kappa shape index (κ2) is 4.92. The molecule has 0 amide bonds. The molecule has 0 saturated heterocycles. The lowest BCUT2D eigenvalue weighted by Gasteiger charge is -2.05. The first-order valence-corrected chi connectivity index (χ1v) is 7.25. The molecule has 0 aliphatic carbocycles. The van der Waals surface area contributed by atoms with Gasteiger partial charge in [-0.05, 0) is 36.8 Å². The number of para-hydroxylation sites is 1. The number of hydrogen-bond acceptors (Lipinski definition) is 2. The summed E-state index contributed by atoms with van der Waals surface area (Å²) in [5, 5.41) is 11.0. The summed E-state index contributed by atoms with van der Waals surface area (Å²) >= 11 is 0. The Balaban J connectivity index is 2.05. The number of halogens is 1. The molecule has 0 fully saturated rings. The predicted octanol–water partition coefficient (Wildman–Crippen LogP) is 4.70. The quantitative estimate of drug-likeness (QED) is 0.554. The zero-order valence-electron chi connectivity index (χ0n) is 12.4. The minimum atomic E-state index is -0.280. The van der Waals surface area contributed by atoms with Crippen LogP contribution in [-0.2, 0) is 0 Å². The van der Waals surface area contributed by atoms with Gasteiger partial charge in [-0.15, -0.1) is 0 Å². The van der Waals surface area contributed by atoms with E-state index in [-0.39, 0.29) is 5.82 Å². The molecule has 0 atom stereocenters. The second-order valence-corrected chi connectivity index (χ2v) is 5.53. The molecular formula is C19H12FN3. The molecule has 1 N–H and O–H groups in total. The molecule has 0 aliphatic heterocycles. The van der Waals surface area contributed by atoms with Gasteiger partial charge in [-0.25, -0.2) is 9.37 Å². The maximum atomic E-state index is 13.8. The van der Waals surface area contributed by atoms with E-state index in [0.717, 1.165) is 32.9 Å². The number of aryl methyl sites for hydroxylation is 1.